The van der Waals surface area contributed by atoms with Gasteiger partial charge in [0.2, 0.25) is 15.5 Å². The number of hydrogen-bond donors (Lipinski definition) is 11. The smallest absolute Gasteiger partial charge is 0.241 e. The third-order valence-corrected chi connectivity index (χ3v) is 8.22. The van der Waals surface area contributed by atoms with E-state index < -0.39 is 121 Å². The molecule has 19 heteroatoms. The fraction of sp³-hybridized carbons (Fsp3) is 1.00. The highest BCUT2D eigenvalue weighted by Gasteiger charge is 2.53. The van der Waals surface area contributed by atoms with Crippen LogP contribution in [-0.2, 0) is 33.7 Å². The summed E-state index contributed by atoms with van der Waals surface area (Å²) in [5.41, 5.74) is -2.20. The number of methoxy groups -OCH3 is 1. The van der Waals surface area contributed by atoms with Crippen molar-refractivity contribution in [2.24, 2.45) is 0 Å². The van der Waals surface area contributed by atoms with Crippen molar-refractivity contribution >= 4 is 10.0 Å². The number of hydrogen-bond acceptors (Lipinski definition) is 17. The molecule has 0 amide bonds. The van der Waals surface area contributed by atoms with E-state index in [0.717, 1.165) is 7.11 Å². The Kier molecular flexibility index (Phi) is 10.8. The Morgan fingerprint density at radius 2 is 1.18 bits per heavy atom. The van der Waals surface area contributed by atoms with Crippen LogP contribution in [-0.4, -0.2) is 178 Å². The van der Waals surface area contributed by atoms with E-state index in [1.807, 2.05) is 4.72 Å². The van der Waals surface area contributed by atoms with Gasteiger partial charge in [-0.1, -0.05) is 0 Å². The predicted octanol–water partition coefficient (Wildman–Crippen LogP) is -8.02. The highest BCUT2D eigenvalue weighted by atomic mass is 32.2. The van der Waals surface area contributed by atoms with Crippen LogP contribution in [0.4, 0.5) is 0 Å². The van der Waals surface area contributed by atoms with Crippen LogP contribution >= 0.6 is 0 Å². The molecule has 0 bridgehead atoms. The maximum Gasteiger partial charge on any atom is 0.241 e. The Bertz CT molecular complexity index is 860. The summed E-state index contributed by atoms with van der Waals surface area (Å²) in [6, 6.07) is 0. The van der Waals surface area contributed by atoms with Crippen LogP contribution in [0.5, 0.6) is 0 Å². The molecular formula is C19H35NO17S. The van der Waals surface area contributed by atoms with E-state index in [0.29, 0.717) is 0 Å². The average Bonchev–Trinajstić information content (AvgIpc) is 2.89. The molecule has 224 valence electrons. The first-order valence-electron chi connectivity index (χ1n) is 11.6. The molecule has 38 heavy (non-hydrogen) atoms. The molecule has 3 rings (SSSR count). The number of ether oxygens (including phenoxy) is 5. The summed E-state index contributed by atoms with van der Waals surface area (Å²) in [5.74, 6) is 0. The quantitative estimate of drug-likeness (QED) is 0.120. The lowest BCUT2D eigenvalue weighted by molar-refractivity contribution is -0.338. The van der Waals surface area contributed by atoms with Gasteiger partial charge in [0.25, 0.3) is 0 Å². The van der Waals surface area contributed by atoms with Gasteiger partial charge in [-0.3, -0.25) is 0 Å². The minimum atomic E-state index is -4.69. The lowest BCUT2D eigenvalue weighted by atomic mass is 9.97. The van der Waals surface area contributed by atoms with E-state index >= 15 is 0 Å². The van der Waals surface area contributed by atoms with Crippen molar-refractivity contribution in [3.05, 3.63) is 0 Å². The van der Waals surface area contributed by atoms with Gasteiger partial charge in [0.15, 0.2) is 12.6 Å². The largest absolute Gasteiger partial charge is 0.394 e. The first-order valence-corrected chi connectivity index (χ1v) is 13.1. The molecule has 3 fully saturated rings. The van der Waals surface area contributed by atoms with E-state index in [-0.39, 0.29) is 0 Å². The van der Waals surface area contributed by atoms with Gasteiger partial charge >= 0.3 is 0 Å². The van der Waals surface area contributed by atoms with E-state index in [1.54, 1.807) is 0 Å². The van der Waals surface area contributed by atoms with Crippen LogP contribution in [0.3, 0.4) is 0 Å². The second-order valence-electron chi connectivity index (χ2n) is 9.15. The topological polar surface area (TPSA) is 295 Å². The van der Waals surface area contributed by atoms with Gasteiger partial charge in [-0.2, -0.15) is 0 Å². The molecular weight excluding hydrogens is 546 g/mol. The second kappa shape index (κ2) is 12.9. The van der Waals surface area contributed by atoms with Gasteiger partial charge in [0, 0.05) is 13.7 Å². The summed E-state index contributed by atoms with van der Waals surface area (Å²) in [6.45, 7) is -2.43. The zero-order valence-corrected chi connectivity index (χ0v) is 20.8. The van der Waals surface area contributed by atoms with Crippen LogP contribution in [0.25, 0.3) is 0 Å². The molecule has 0 aromatic carbocycles. The molecule has 0 saturated carbocycles. The van der Waals surface area contributed by atoms with Crippen LogP contribution in [0.1, 0.15) is 0 Å². The minimum absolute atomic E-state index is 0.690. The summed E-state index contributed by atoms with van der Waals surface area (Å²) in [7, 11) is -3.55. The predicted molar refractivity (Wildman–Crippen MR) is 117 cm³/mol. The molecule has 0 aromatic heterocycles. The lowest BCUT2D eigenvalue weighted by Gasteiger charge is -2.46. The van der Waals surface area contributed by atoms with Crippen molar-refractivity contribution < 1.29 is 83.2 Å². The fourth-order valence-corrected chi connectivity index (χ4v) is 5.75. The van der Waals surface area contributed by atoms with Crippen molar-refractivity contribution in [3.63, 3.8) is 0 Å². The van der Waals surface area contributed by atoms with Crippen LogP contribution < -0.4 is 4.72 Å². The van der Waals surface area contributed by atoms with Gasteiger partial charge in [-0.15, -0.1) is 0 Å². The first kappa shape index (κ1) is 31.8. The molecule has 0 radical (unpaired) electrons. The van der Waals surface area contributed by atoms with Gasteiger partial charge in [-0.25, -0.2) is 13.1 Å². The highest BCUT2D eigenvalue weighted by molar-refractivity contribution is 7.90. The average molecular weight is 582 g/mol. The van der Waals surface area contributed by atoms with Crippen molar-refractivity contribution in [2.75, 3.05) is 26.9 Å². The van der Waals surface area contributed by atoms with Crippen molar-refractivity contribution in [1.82, 2.24) is 4.72 Å². The van der Waals surface area contributed by atoms with Crippen LogP contribution in [0, 0.1) is 0 Å². The molecule has 11 N–H and O–H groups in total. The normalized spacial score (nSPS) is 48.7. The van der Waals surface area contributed by atoms with E-state index in [1.165, 1.54) is 0 Å². The maximum absolute atomic E-state index is 12.9. The molecule has 18 nitrogen and oxygen atoms in total. The van der Waals surface area contributed by atoms with Gasteiger partial charge in [-0.05, 0) is 0 Å². The monoisotopic (exact) mass is 581 g/mol. The summed E-state index contributed by atoms with van der Waals surface area (Å²) >= 11 is 0. The molecule has 3 heterocycles. The van der Waals surface area contributed by atoms with Crippen LogP contribution in [0.15, 0.2) is 0 Å². The minimum Gasteiger partial charge on any atom is -0.394 e. The number of rotatable bonds is 9. The zero-order valence-electron chi connectivity index (χ0n) is 20.0. The van der Waals surface area contributed by atoms with Gasteiger partial charge in [0.05, 0.1) is 13.2 Å². The molecule has 3 aliphatic rings. The van der Waals surface area contributed by atoms with Crippen molar-refractivity contribution in [1.29, 1.82) is 0 Å². The lowest BCUT2D eigenvalue weighted by Crippen LogP contribution is -2.66. The third kappa shape index (κ3) is 6.29. The Balaban J connectivity index is 1.69. The highest BCUT2D eigenvalue weighted by Crippen LogP contribution is 2.31. The number of aliphatic hydroxyl groups excluding tert-OH is 10. The first-order chi connectivity index (χ1) is 17.8. The standard InChI is InChI=1S/C19H35NO17S/c1-33-17-13(28)10(25)8(23)5(34-17)2-20-38(31,32)19-15(30)12(27)16(7(4-22)36-19)37-18-14(29)11(26)9(24)6(3-21)35-18/h5-30H,2-4H2,1H3/t5-,6-,7-,8-,9-,10+,11+,12-,13-,14-,15-,16-,17+,18-,19+/m1/s1. The number of aliphatic hydroxyl groups is 10. The number of nitrogens with one attached hydrogen (secondary N) is 1. The van der Waals surface area contributed by atoms with Crippen molar-refractivity contribution in [2.45, 2.75) is 91.3 Å². The molecule has 15 atom stereocenters. The van der Waals surface area contributed by atoms with Crippen LogP contribution in [0.2, 0.25) is 0 Å². The molecule has 3 saturated heterocycles. The number of sulfonamides is 1. The Morgan fingerprint density at radius 1 is 0.658 bits per heavy atom. The zero-order chi connectivity index (χ0) is 28.5. The molecule has 3 aliphatic heterocycles. The summed E-state index contributed by atoms with van der Waals surface area (Å²) in [6.07, 6.45) is -24.1. The molecule has 0 spiro atoms. The molecule has 0 unspecified atom stereocenters. The van der Waals surface area contributed by atoms with E-state index in [2.05, 4.69) is 0 Å². The molecule has 0 aliphatic carbocycles. The Morgan fingerprint density at radius 3 is 1.74 bits per heavy atom. The van der Waals surface area contributed by atoms with E-state index in [4.69, 9.17) is 23.7 Å². The van der Waals surface area contributed by atoms with E-state index in [9.17, 15) is 59.5 Å². The fourth-order valence-electron chi connectivity index (χ4n) is 4.37. The Labute approximate surface area is 216 Å². The third-order valence-electron chi connectivity index (χ3n) is 6.65. The van der Waals surface area contributed by atoms with Gasteiger partial charge in [0.1, 0.15) is 73.2 Å². The summed E-state index contributed by atoms with van der Waals surface area (Å²) in [4.78, 5) is 0. The second-order valence-corrected chi connectivity index (χ2v) is 11.0. The Hall–Kier alpha value is -0.690. The summed E-state index contributed by atoms with van der Waals surface area (Å²) in [5, 5.41) is 100. The SMILES string of the molecule is CO[C@H]1O[C@H](CNS(=O)(=O)[C@@H]2O[C@H](CO)[C@@H](O[C@H]3O[C@H](CO)[C@@H](O)[C@H](O)[C@H]3O)[C@H](O)[C@H]2O)[C@@H](O)[C@H](O)[C@H]1O. The summed E-state index contributed by atoms with van der Waals surface area (Å²) < 4.78 is 53.7. The maximum atomic E-state index is 12.9. The van der Waals surface area contributed by atoms with Crippen molar-refractivity contribution in [3.8, 4) is 0 Å². The van der Waals surface area contributed by atoms with Gasteiger partial charge < -0.3 is 74.7 Å². The molecule has 0 aromatic rings.